The maximum Gasteiger partial charge on any atom is 0.0209 e. The summed E-state index contributed by atoms with van der Waals surface area (Å²) in [6.45, 7) is 7.28. The van der Waals surface area contributed by atoms with Gasteiger partial charge in [-0.1, -0.05) is 110 Å². The molecule has 0 radical (unpaired) electrons. The molecule has 37 heavy (non-hydrogen) atoms. The van der Waals surface area contributed by atoms with Crippen molar-refractivity contribution in [1.29, 1.82) is 0 Å². The van der Waals surface area contributed by atoms with Gasteiger partial charge < -0.3 is 0 Å². The fraction of sp³-hybridized carbons (Fsp3) is 0.286. The molecule has 0 amide bonds. The largest absolute Gasteiger partial charge is 0.271 e. The highest BCUT2D eigenvalue weighted by molar-refractivity contribution is 7.21. The van der Waals surface area contributed by atoms with Crippen molar-refractivity contribution >= 4 is 35.8 Å². The molecular formula is C35H38NP. The Kier molecular flexibility index (Phi) is 8.04. The van der Waals surface area contributed by atoms with Gasteiger partial charge in [-0.25, -0.2) is 0 Å². The Labute approximate surface area is 224 Å². The number of nitrogens with zero attached hydrogens (tertiary/aromatic N) is 1. The van der Waals surface area contributed by atoms with E-state index in [2.05, 4.69) is 124 Å². The first-order valence-corrected chi connectivity index (χ1v) is 14.2. The van der Waals surface area contributed by atoms with Gasteiger partial charge in [0.15, 0.2) is 0 Å². The van der Waals surface area contributed by atoms with Gasteiger partial charge in [-0.2, -0.15) is 0 Å². The smallest absolute Gasteiger partial charge is 0.0209 e. The highest BCUT2D eigenvalue weighted by Gasteiger charge is 2.43. The molecule has 1 saturated heterocycles. The van der Waals surface area contributed by atoms with Gasteiger partial charge in [0.1, 0.15) is 0 Å². The average molecular weight is 504 g/mol. The van der Waals surface area contributed by atoms with Crippen LogP contribution in [0.5, 0.6) is 0 Å². The Morgan fingerprint density at radius 2 is 1.38 bits per heavy atom. The molecule has 0 bridgehead atoms. The van der Waals surface area contributed by atoms with Crippen molar-refractivity contribution in [2.45, 2.75) is 51.5 Å². The standard InChI is InChI=1S/C35H38NP/c1-3-4-5-12-27(2)36-26-25-35(34(36)37,23-21-30-17-10-15-28-13-6-8-19-32(28)30)24-22-31-18-11-16-29-14-7-9-20-33(29)31/h3-11,13-20,27,37H,1,12,21-26H2,2H3/b5-4-/t27-/m0/s1. The molecule has 188 valence electrons. The normalized spacial score (nSPS) is 16.6. The van der Waals surface area contributed by atoms with Crippen LogP contribution in [0.2, 0.25) is 0 Å². The van der Waals surface area contributed by atoms with Crippen molar-refractivity contribution in [3.05, 3.63) is 121 Å². The number of aryl methyl sites for hydroxylation is 2. The van der Waals surface area contributed by atoms with Gasteiger partial charge in [-0.15, -0.1) is 8.86 Å². The summed E-state index contributed by atoms with van der Waals surface area (Å²) in [5.41, 5.74) is 4.46. The highest BCUT2D eigenvalue weighted by atomic mass is 31.0. The van der Waals surface area contributed by atoms with Crippen LogP contribution in [-0.4, -0.2) is 22.9 Å². The molecule has 1 atom stereocenters. The molecule has 5 rings (SSSR count). The molecule has 1 fully saturated rings. The molecule has 0 spiro atoms. The van der Waals surface area contributed by atoms with E-state index in [1.807, 2.05) is 6.08 Å². The molecule has 1 aliphatic rings. The average Bonchev–Trinajstić information content (AvgIpc) is 3.26. The monoisotopic (exact) mass is 503 g/mol. The number of benzene rings is 4. The molecule has 2 heteroatoms. The van der Waals surface area contributed by atoms with Crippen LogP contribution in [0.3, 0.4) is 0 Å². The summed E-state index contributed by atoms with van der Waals surface area (Å²) < 4.78 is 0. The summed E-state index contributed by atoms with van der Waals surface area (Å²) in [5.74, 6) is 0. The fourth-order valence-electron chi connectivity index (χ4n) is 6.19. The van der Waals surface area contributed by atoms with E-state index in [1.165, 1.54) is 44.5 Å². The van der Waals surface area contributed by atoms with Crippen LogP contribution in [0.4, 0.5) is 0 Å². The van der Waals surface area contributed by atoms with E-state index in [1.54, 1.807) is 0 Å². The molecular weight excluding hydrogens is 465 g/mol. The number of hydrogen-bond acceptors (Lipinski definition) is 0. The molecule has 4 aromatic rings. The summed E-state index contributed by atoms with van der Waals surface area (Å²) in [5, 5.41) is 5.45. The van der Waals surface area contributed by atoms with Crippen molar-refractivity contribution < 1.29 is 0 Å². The van der Waals surface area contributed by atoms with E-state index >= 15 is 0 Å². The van der Waals surface area contributed by atoms with E-state index in [-0.39, 0.29) is 5.41 Å². The van der Waals surface area contributed by atoms with Crippen molar-refractivity contribution in [3.8, 4) is 0 Å². The van der Waals surface area contributed by atoms with E-state index in [0.29, 0.717) is 6.04 Å². The van der Waals surface area contributed by atoms with Gasteiger partial charge >= 0.3 is 0 Å². The van der Waals surface area contributed by atoms with Crippen LogP contribution < -0.4 is 0 Å². The molecule has 0 saturated carbocycles. The molecule has 0 N–H and O–H groups in total. The minimum atomic E-state index is 0.140. The second kappa shape index (κ2) is 11.6. The summed E-state index contributed by atoms with van der Waals surface area (Å²) in [6, 6.07) is 31.6. The van der Waals surface area contributed by atoms with E-state index in [4.69, 9.17) is 0 Å². The Hall–Kier alpha value is -2.99. The second-order valence-corrected chi connectivity index (χ2v) is 11.1. The molecule has 1 nitrogen and oxygen atoms in total. The lowest BCUT2D eigenvalue weighted by atomic mass is 9.76. The van der Waals surface area contributed by atoms with Gasteiger partial charge in [0, 0.05) is 23.4 Å². The van der Waals surface area contributed by atoms with Crippen LogP contribution >= 0.6 is 8.86 Å². The zero-order valence-corrected chi connectivity index (χ0v) is 23.0. The third-order valence-electron chi connectivity index (χ3n) is 8.41. The Balaban J connectivity index is 1.42. The summed E-state index contributed by atoms with van der Waals surface area (Å²) in [4.78, 5) is 2.61. The van der Waals surface area contributed by atoms with Crippen molar-refractivity contribution in [2.75, 3.05) is 6.54 Å². The number of likely N-dealkylation sites (tertiary alicyclic amines) is 1. The van der Waals surface area contributed by atoms with Crippen LogP contribution in [0.1, 0.15) is 43.7 Å². The molecule has 1 heterocycles. The van der Waals surface area contributed by atoms with E-state index in [9.17, 15) is 0 Å². The first-order chi connectivity index (χ1) is 18.1. The predicted octanol–water partition coefficient (Wildman–Crippen LogP) is 9.04. The minimum Gasteiger partial charge on any atom is -0.271 e. The summed E-state index contributed by atoms with van der Waals surface area (Å²) in [6.07, 6.45) is 12.9. The lowest BCUT2D eigenvalue weighted by molar-refractivity contribution is 0.353. The molecule has 0 unspecified atom stereocenters. The molecule has 4 aromatic carbocycles. The number of fused-ring (bicyclic) bond motifs is 2. The third-order valence-corrected chi connectivity index (χ3v) is 9.23. The van der Waals surface area contributed by atoms with E-state index < -0.39 is 0 Å². The van der Waals surface area contributed by atoms with Gasteiger partial charge in [0.2, 0.25) is 0 Å². The van der Waals surface area contributed by atoms with Crippen LogP contribution in [0.15, 0.2) is 110 Å². The SMILES string of the molecule is C=C/C=C\C[C@H](C)N1CCC(CCc2cccc3ccccc23)(CCc2cccc3ccccc23)C1=P. The maximum absolute atomic E-state index is 4.25. The zero-order chi connectivity index (χ0) is 25.7. The Morgan fingerprint density at radius 1 is 0.838 bits per heavy atom. The predicted molar refractivity (Wildman–Crippen MR) is 165 cm³/mol. The number of rotatable bonds is 10. The quantitative estimate of drug-likeness (QED) is 0.154. The topological polar surface area (TPSA) is 3.24 Å². The van der Waals surface area contributed by atoms with Crippen LogP contribution in [-0.2, 0) is 12.8 Å². The van der Waals surface area contributed by atoms with Gasteiger partial charge in [0.05, 0.1) is 0 Å². The second-order valence-electron chi connectivity index (χ2n) is 10.6. The summed E-state index contributed by atoms with van der Waals surface area (Å²) >= 11 is 0. The first kappa shape index (κ1) is 25.7. The molecule has 1 aliphatic heterocycles. The lowest BCUT2D eigenvalue weighted by Crippen LogP contribution is -2.38. The Morgan fingerprint density at radius 3 is 1.95 bits per heavy atom. The summed E-state index contributed by atoms with van der Waals surface area (Å²) in [7, 11) is 4.25. The minimum absolute atomic E-state index is 0.140. The number of hydrogen-bond donors (Lipinski definition) is 0. The van der Waals surface area contributed by atoms with Crippen molar-refractivity contribution in [1.82, 2.24) is 4.90 Å². The van der Waals surface area contributed by atoms with Crippen molar-refractivity contribution in [3.63, 3.8) is 0 Å². The van der Waals surface area contributed by atoms with Gasteiger partial charge in [0.25, 0.3) is 0 Å². The highest BCUT2D eigenvalue weighted by Crippen LogP contribution is 2.44. The van der Waals surface area contributed by atoms with Crippen LogP contribution in [0.25, 0.3) is 21.5 Å². The Bertz CT molecular complexity index is 1340. The number of allylic oxidation sites excluding steroid dienone is 2. The van der Waals surface area contributed by atoms with Crippen molar-refractivity contribution in [2.24, 2.45) is 5.41 Å². The lowest BCUT2D eigenvalue weighted by Gasteiger charge is -2.34. The maximum atomic E-state index is 4.25. The zero-order valence-electron chi connectivity index (χ0n) is 22.0. The third kappa shape index (κ3) is 5.49. The van der Waals surface area contributed by atoms with E-state index in [0.717, 1.165) is 38.6 Å². The molecule has 0 aromatic heterocycles. The van der Waals surface area contributed by atoms with Gasteiger partial charge in [-0.3, -0.25) is 4.90 Å². The molecule has 0 aliphatic carbocycles. The first-order valence-electron chi connectivity index (χ1n) is 13.7. The van der Waals surface area contributed by atoms with Crippen LogP contribution in [0, 0.1) is 5.41 Å². The fourth-order valence-corrected chi connectivity index (χ4v) is 6.90. The van der Waals surface area contributed by atoms with Gasteiger partial charge in [-0.05, 0) is 78.1 Å².